The quantitative estimate of drug-likeness (QED) is 0.885. The summed E-state index contributed by atoms with van der Waals surface area (Å²) in [6.07, 6.45) is 3.40. The molecule has 22 heavy (non-hydrogen) atoms. The number of nitrogens with zero attached hydrogens (tertiary/aromatic N) is 4. The lowest BCUT2D eigenvalue weighted by molar-refractivity contribution is 0.232. The van der Waals surface area contributed by atoms with Crippen molar-refractivity contribution in [2.24, 2.45) is 0 Å². The summed E-state index contributed by atoms with van der Waals surface area (Å²) in [7, 11) is 1.96. The van der Waals surface area contributed by atoms with E-state index in [4.69, 9.17) is 0 Å². The largest absolute Gasteiger partial charge is 0.356 e. The normalized spacial score (nSPS) is 18.7. The summed E-state index contributed by atoms with van der Waals surface area (Å²) in [6, 6.07) is 7.08. The average molecular weight is 301 g/mol. The molecule has 1 atom stereocenters. The number of rotatable bonds is 6. The first-order valence-electron chi connectivity index (χ1n) is 8.37. The van der Waals surface area contributed by atoms with Crippen LogP contribution in [0, 0.1) is 0 Å². The lowest BCUT2D eigenvalue weighted by atomic mass is 10.2. The third-order valence-electron chi connectivity index (χ3n) is 4.69. The predicted molar refractivity (Wildman–Crippen MR) is 91.5 cm³/mol. The van der Waals surface area contributed by atoms with Crippen molar-refractivity contribution < 1.29 is 0 Å². The van der Waals surface area contributed by atoms with Gasteiger partial charge in [-0.15, -0.1) is 0 Å². The highest BCUT2D eigenvalue weighted by molar-refractivity contribution is 5.53. The summed E-state index contributed by atoms with van der Waals surface area (Å²) < 4.78 is 2.23. The van der Waals surface area contributed by atoms with Crippen molar-refractivity contribution in [3.8, 4) is 0 Å². The van der Waals surface area contributed by atoms with Gasteiger partial charge in [0.05, 0.1) is 5.69 Å². The average Bonchev–Trinajstić information content (AvgIpc) is 3.15. The van der Waals surface area contributed by atoms with Crippen LogP contribution in [0.4, 0.5) is 5.82 Å². The Morgan fingerprint density at radius 1 is 1.32 bits per heavy atom. The minimum Gasteiger partial charge on any atom is -0.356 e. The molecular weight excluding hydrogens is 274 g/mol. The molecule has 1 aliphatic heterocycles. The van der Waals surface area contributed by atoms with E-state index in [0.29, 0.717) is 6.04 Å². The third kappa shape index (κ3) is 2.83. The zero-order valence-corrected chi connectivity index (χ0v) is 13.9. The second-order valence-electron chi connectivity index (χ2n) is 5.98. The van der Waals surface area contributed by atoms with Gasteiger partial charge in [0.2, 0.25) is 0 Å². The topological polar surface area (TPSA) is 35.8 Å². The van der Waals surface area contributed by atoms with Gasteiger partial charge in [-0.2, -0.15) is 0 Å². The molecule has 2 aromatic heterocycles. The molecule has 1 unspecified atom stereocenters. The molecule has 0 radical (unpaired) electrons. The molecule has 2 aromatic rings. The van der Waals surface area contributed by atoms with Gasteiger partial charge in [0.15, 0.2) is 0 Å². The van der Waals surface area contributed by atoms with E-state index in [9.17, 15) is 0 Å². The Hall–Kier alpha value is -1.59. The maximum absolute atomic E-state index is 4.68. The number of anilines is 1. The van der Waals surface area contributed by atoms with Crippen LogP contribution in [0.15, 0.2) is 24.4 Å². The minimum atomic E-state index is 0.672. The smallest absolute Gasteiger partial charge is 0.138 e. The summed E-state index contributed by atoms with van der Waals surface area (Å²) in [4.78, 5) is 9.76. The molecule has 1 N–H and O–H groups in total. The number of imidazole rings is 1. The van der Waals surface area contributed by atoms with Crippen LogP contribution in [-0.2, 0) is 6.54 Å². The van der Waals surface area contributed by atoms with E-state index < -0.39 is 0 Å². The zero-order chi connectivity index (χ0) is 15.5. The van der Waals surface area contributed by atoms with Crippen molar-refractivity contribution in [3.05, 3.63) is 30.1 Å². The zero-order valence-electron chi connectivity index (χ0n) is 13.9. The van der Waals surface area contributed by atoms with E-state index in [2.05, 4.69) is 62.7 Å². The lowest BCUT2D eigenvalue weighted by Crippen LogP contribution is -2.37. The van der Waals surface area contributed by atoms with Gasteiger partial charge in [0.1, 0.15) is 11.5 Å². The van der Waals surface area contributed by atoms with Crippen molar-refractivity contribution in [1.29, 1.82) is 0 Å². The first-order chi connectivity index (χ1) is 10.8. The molecule has 120 valence electrons. The Morgan fingerprint density at radius 3 is 2.86 bits per heavy atom. The van der Waals surface area contributed by atoms with Crippen LogP contribution < -0.4 is 10.2 Å². The van der Waals surface area contributed by atoms with Gasteiger partial charge in [-0.25, -0.2) is 4.98 Å². The van der Waals surface area contributed by atoms with E-state index in [-0.39, 0.29) is 0 Å². The van der Waals surface area contributed by atoms with Crippen molar-refractivity contribution >= 4 is 11.5 Å². The highest BCUT2D eigenvalue weighted by Gasteiger charge is 2.27. The summed E-state index contributed by atoms with van der Waals surface area (Å²) in [5.74, 6) is 1.27. The van der Waals surface area contributed by atoms with Crippen LogP contribution >= 0.6 is 0 Å². The van der Waals surface area contributed by atoms with Crippen molar-refractivity contribution in [2.45, 2.75) is 32.9 Å². The van der Waals surface area contributed by atoms with Crippen LogP contribution in [0.5, 0.6) is 0 Å². The minimum absolute atomic E-state index is 0.672. The molecule has 0 saturated carbocycles. The van der Waals surface area contributed by atoms with Crippen LogP contribution in [0.3, 0.4) is 0 Å². The summed E-state index contributed by atoms with van der Waals surface area (Å²) >= 11 is 0. The molecule has 0 aliphatic carbocycles. The maximum atomic E-state index is 4.68. The van der Waals surface area contributed by atoms with E-state index >= 15 is 0 Å². The molecule has 3 heterocycles. The number of nitrogens with one attached hydrogen (secondary N) is 1. The molecule has 1 saturated heterocycles. The van der Waals surface area contributed by atoms with Gasteiger partial charge in [-0.05, 0) is 38.7 Å². The summed E-state index contributed by atoms with van der Waals surface area (Å²) in [5, 5.41) is 3.18. The fourth-order valence-corrected chi connectivity index (χ4v) is 3.56. The predicted octanol–water partition coefficient (Wildman–Crippen LogP) is 1.97. The second-order valence-corrected chi connectivity index (χ2v) is 5.98. The van der Waals surface area contributed by atoms with Gasteiger partial charge < -0.3 is 10.2 Å². The Bertz CT molecular complexity index is 617. The number of aromatic nitrogens is 2. The molecule has 0 aromatic carbocycles. The molecule has 0 amide bonds. The van der Waals surface area contributed by atoms with Crippen molar-refractivity contribution in [1.82, 2.24) is 19.6 Å². The fraction of sp³-hybridized carbons (Fsp3) is 0.588. The molecule has 3 rings (SSSR count). The number of fused-ring (bicyclic) bond motifs is 1. The highest BCUT2D eigenvalue weighted by Crippen LogP contribution is 2.24. The Kier molecular flexibility index (Phi) is 4.64. The van der Waals surface area contributed by atoms with E-state index in [1.165, 1.54) is 12.2 Å². The first kappa shape index (κ1) is 15.3. The molecule has 1 fully saturated rings. The molecule has 5 nitrogen and oxygen atoms in total. The van der Waals surface area contributed by atoms with E-state index in [1.807, 2.05) is 7.05 Å². The fourth-order valence-electron chi connectivity index (χ4n) is 3.56. The van der Waals surface area contributed by atoms with Crippen LogP contribution in [0.2, 0.25) is 0 Å². The molecular formula is C17H27N5. The standard InChI is InChI=1S/C17H27N5/c1-4-20(5-2)15-9-10-21(13-15)17-8-6-7-16-19-14(11-18-3)12-22(16)17/h6-8,12,15,18H,4-5,9-11,13H2,1-3H3. The third-order valence-corrected chi connectivity index (χ3v) is 4.69. The number of likely N-dealkylation sites (N-methyl/N-ethyl adjacent to an activating group) is 1. The summed E-state index contributed by atoms with van der Waals surface area (Å²) in [5.41, 5.74) is 2.13. The van der Waals surface area contributed by atoms with Gasteiger partial charge >= 0.3 is 0 Å². The van der Waals surface area contributed by atoms with Crippen molar-refractivity contribution in [2.75, 3.05) is 38.1 Å². The highest BCUT2D eigenvalue weighted by atomic mass is 15.3. The SMILES string of the molecule is CCN(CC)C1CCN(c2cccc3nc(CNC)cn23)C1. The van der Waals surface area contributed by atoms with Crippen LogP contribution in [0.25, 0.3) is 5.65 Å². The van der Waals surface area contributed by atoms with Gasteiger partial charge in [-0.3, -0.25) is 9.30 Å². The van der Waals surface area contributed by atoms with Gasteiger partial charge in [0.25, 0.3) is 0 Å². The van der Waals surface area contributed by atoms with E-state index in [1.54, 1.807) is 0 Å². The molecule has 0 bridgehead atoms. The molecule has 1 aliphatic rings. The van der Waals surface area contributed by atoms with Crippen LogP contribution in [0.1, 0.15) is 26.0 Å². The van der Waals surface area contributed by atoms with Gasteiger partial charge in [-0.1, -0.05) is 19.9 Å². The first-order valence-corrected chi connectivity index (χ1v) is 8.37. The lowest BCUT2D eigenvalue weighted by Gasteiger charge is -2.26. The number of pyridine rings is 1. The number of hydrogen-bond acceptors (Lipinski definition) is 4. The Balaban J connectivity index is 1.84. The van der Waals surface area contributed by atoms with Crippen molar-refractivity contribution in [3.63, 3.8) is 0 Å². The second kappa shape index (κ2) is 6.67. The van der Waals surface area contributed by atoms with E-state index in [0.717, 1.165) is 44.1 Å². The summed E-state index contributed by atoms with van der Waals surface area (Å²) in [6.45, 7) is 9.83. The maximum Gasteiger partial charge on any atom is 0.138 e. The van der Waals surface area contributed by atoms with Gasteiger partial charge in [0, 0.05) is 31.9 Å². The van der Waals surface area contributed by atoms with Crippen LogP contribution in [-0.4, -0.2) is 53.6 Å². The number of hydrogen-bond donors (Lipinski definition) is 1. The Labute approximate surface area is 132 Å². The Morgan fingerprint density at radius 2 is 2.14 bits per heavy atom. The molecule has 0 spiro atoms. The molecule has 5 heteroatoms. The monoisotopic (exact) mass is 301 g/mol.